The number of rotatable bonds is 10. The smallest absolute Gasteiger partial charge is 0.324 e. The van der Waals surface area contributed by atoms with E-state index in [0.717, 1.165) is 44.7 Å². The van der Waals surface area contributed by atoms with E-state index in [9.17, 15) is 19.2 Å². The number of ether oxygens (including phenoxy) is 3. The number of aryl methyl sites for hydroxylation is 1. The molecule has 1 aromatic carbocycles. The highest BCUT2D eigenvalue weighted by Gasteiger charge is 2.44. The normalized spacial score (nSPS) is 21.0. The van der Waals surface area contributed by atoms with Gasteiger partial charge in [-0.25, -0.2) is 15.2 Å². The van der Waals surface area contributed by atoms with Gasteiger partial charge in [-0.2, -0.15) is 12.6 Å². The number of nitrogens with one attached hydrogen (secondary N) is 2. The van der Waals surface area contributed by atoms with Crippen molar-refractivity contribution in [3.05, 3.63) is 58.2 Å². The van der Waals surface area contributed by atoms with Gasteiger partial charge in [0.05, 0.1) is 47.4 Å². The molecule has 6 heterocycles. The Morgan fingerprint density at radius 3 is 2.57 bits per heavy atom. The molecule has 4 atom stereocenters. The highest BCUT2D eigenvalue weighted by molar-refractivity contribution is 7.80. The molecule has 7 rings (SSSR count). The summed E-state index contributed by atoms with van der Waals surface area (Å²) in [5, 5.41) is 8.13. The van der Waals surface area contributed by atoms with Gasteiger partial charge in [0, 0.05) is 85.5 Å². The van der Waals surface area contributed by atoms with Crippen molar-refractivity contribution >= 4 is 58.7 Å². The maximum absolute atomic E-state index is 14.6. The van der Waals surface area contributed by atoms with Crippen LogP contribution in [0.2, 0.25) is 0 Å². The van der Waals surface area contributed by atoms with Gasteiger partial charge in [-0.15, -0.1) is 11.3 Å². The number of carbonyl (C=O) groups excluding carboxylic acids is 4. The van der Waals surface area contributed by atoms with E-state index in [4.69, 9.17) is 24.2 Å². The van der Waals surface area contributed by atoms with Gasteiger partial charge in [-0.1, -0.05) is 33.8 Å². The SMILES string of the molecule is CCn1c(-c2cccnc2[C@H](CS)OC)c2c3cc(ccc31)-c1csc(n1)C[C@H](NC(=O)[C@H](C(C)C)N(C)C(=O)N(C)C1(C)COC1)C(=O)N1CCC[C@H](N1)C(=O)OCC(C)(C)C2. The van der Waals surface area contributed by atoms with E-state index in [1.807, 2.05) is 32.2 Å². The Balaban J connectivity index is 1.30. The van der Waals surface area contributed by atoms with Crippen LogP contribution in [0.1, 0.15) is 76.8 Å². The van der Waals surface area contributed by atoms with Crippen LogP contribution in [0.3, 0.4) is 0 Å². The summed E-state index contributed by atoms with van der Waals surface area (Å²) in [5.41, 5.74) is 8.70. The van der Waals surface area contributed by atoms with Crippen molar-refractivity contribution in [1.82, 2.24) is 40.1 Å². The molecule has 2 N–H and O–H groups in total. The first-order valence-corrected chi connectivity index (χ1v) is 23.3. The molecule has 0 saturated carbocycles. The van der Waals surface area contributed by atoms with E-state index in [1.165, 1.54) is 21.2 Å². The first-order valence-electron chi connectivity index (χ1n) is 21.8. The van der Waals surface area contributed by atoms with E-state index in [0.29, 0.717) is 56.3 Å². The fourth-order valence-electron chi connectivity index (χ4n) is 9.02. The molecule has 3 aromatic heterocycles. The van der Waals surface area contributed by atoms with Crippen LogP contribution >= 0.6 is 24.0 Å². The van der Waals surface area contributed by atoms with E-state index in [-0.39, 0.29) is 31.1 Å². The van der Waals surface area contributed by atoms with Crippen LogP contribution in [-0.4, -0.2) is 130 Å². The summed E-state index contributed by atoms with van der Waals surface area (Å²) >= 11 is 6.02. The van der Waals surface area contributed by atoms with Gasteiger partial charge >= 0.3 is 12.0 Å². The molecule has 2 fully saturated rings. The third-order valence-corrected chi connectivity index (χ3v) is 13.9. The lowest BCUT2D eigenvalue weighted by molar-refractivity contribution is -0.155. The van der Waals surface area contributed by atoms with E-state index >= 15 is 0 Å². The molecule has 4 aromatic rings. The molecule has 15 nitrogen and oxygen atoms in total. The van der Waals surface area contributed by atoms with Gasteiger partial charge in [-0.05, 0) is 68.9 Å². The van der Waals surface area contributed by atoms with Crippen molar-refractivity contribution in [2.24, 2.45) is 11.3 Å². The zero-order chi connectivity index (χ0) is 45.4. The lowest BCUT2D eigenvalue weighted by atomic mass is 9.84. The van der Waals surface area contributed by atoms with E-state index < -0.39 is 46.9 Å². The summed E-state index contributed by atoms with van der Waals surface area (Å²) in [6.45, 7) is 14.0. The largest absolute Gasteiger partial charge is 0.464 e. The Morgan fingerprint density at radius 2 is 1.90 bits per heavy atom. The second kappa shape index (κ2) is 18.9. The minimum absolute atomic E-state index is 0.0912. The summed E-state index contributed by atoms with van der Waals surface area (Å²) < 4.78 is 19.7. The third-order valence-electron chi connectivity index (χ3n) is 12.7. The number of cyclic esters (lactones) is 1. The molecule has 0 spiro atoms. The molecule has 0 radical (unpaired) electrons. The molecule has 2 saturated heterocycles. The predicted molar refractivity (Wildman–Crippen MR) is 246 cm³/mol. The number of aromatic nitrogens is 3. The van der Waals surface area contributed by atoms with Gasteiger partial charge < -0.3 is 33.9 Å². The molecular formula is C46H62N8O7S2. The Bertz CT molecular complexity index is 2340. The highest BCUT2D eigenvalue weighted by Crippen LogP contribution is 2.42. The van der Waals surface area contributed by atoms with E-state index in [1.54, 1.807) is 32.3 Å². The maximum Gasteiger partial charge on any atom is 0.324 e. The number of pyridine rings is 1. The topological polar surface area (TPSA) is 160 Å². The molecule has 0 aliphatic carbocycles. The molecule has 63 heavy (non-hydrogen) atoms. The summed E-state index contributed by atoms with van der Waals surface area (Å²) in [6.07, 6.45) is 3.13. The van der Waals surface area contributed by atoms with Crippen LogP contribution in [0, 0.1) is 11.3 Å². The number of esters is 1. The van der Waals surface area contributed by atoms with Crippen LogP contribution in [0.15, 0.2) is 41.9 Å². The van der Waals surface area contributed by atoms with Crippen LogP contribution in [0.5, 0.6) is 0 Å². The molecule has 17 heteroatoms. The maximum atomic E-state index is 14.6. The number of benzene rings is 1. The lowest BCUT2D eigenvalue weighted by Crippen LogP contribution is -2.65. The molecule has 3 aliphatic rings. The Kier molecular flexibility index (Phi) is 13.9. The fraction of sp³-hybridized carbons (Fsp3) is 0.565. The molecule has 3 aliphatic heterocycles. The summed E-state index contributed by atoms with van der Waals surface area (Å²) in [4.78, 5) is 69.6. The second-order valence-corrected chi connectivity index (χ2v) is 19.7. The minimum atomic E-state index is -1.06. The third kappa shape index (κ3) is 9.35. The van der Waals surface area contributed by atoms with E-state index in [2.05, 4.69) is 73.0 Å². The van der Waals surface area contributed by atoms with Crippen LogP contribution in [0.4, 0.5) is 4.79 Å². The fourth-order valence-corrected chi connectivity index (χ4v) is 10.2. The Labute approximate surface area is 379 Å². The molecular weight excluding hydrogens is 841 g/mol. The van der Waals surface area contributed by atoms with Crippen LogP contribution in [-0.2, 0) is 48.0 Å². The minimum Gasteiger partial charge on any atom is -0.464 e. The number of likely N-dealkylation sites (N-methyl/N-ethyl adjacent to an activating group) is 2. The molecule has 0 unspecified atom stereocenters. The van der Waals surface area contributed by atoms with Crippen molar-refractivity contribution in [2.75, 3.05) is 53.3 Å². The summed E-state index contributed by atoms with van der Waals surface area (Å²) in [5.74, 6) is -1.16. The van der Waals surface area contributed by atoms with Gasteiger partial charge in [0.15, 0.2) is 0 Å². The van der Waals surface area contributed by atoms with Crippen molar-refractivity contribution in [3.63, 3.8) is 0 Å². The monoisotopic (exact) mass is 902 g/mol. The van der Waals surface area contributed by atoms with Crippen molar-refractivity contribution in [1.29, 1.82) is 0 Å². The highest BCUT2D eigenvalue weighted by atomic mass is 32.1. The predicted octanol–water partition coefficient (Wildman–Crippen LogP) is 5.91. The number of thiazole rings is 1. The zero-order valence-corrected chi connectivity index (χ0v) is 39.6. The average molecular weight is 903 g/mol. The van der Waals surface area contributed by atoms with Crippen molar-refractivity contribution in [3.8, 4) is 22.5 Å². The first-order chi connectivity index (χ1) is 30.0. The number of amides is 4. The van der Waals surface area contributed by atoms with Gasteiger partial charge in [0.2, 0.25) is 5.91 Å². The number of nitrogens with zero attached hydrogens (tertiary/aromatic N) is 6. The number of hydrazine groups is 1. The average Bonchev–Trinajstić information content (AvgIpc) is 3.85. The number of urea groups is 1. The zero-order valence-electron chi connectivity index (χ0n) is 37.9. The number of hydrogen-bond donors (Lipinski definition) is 3. The number of methoxy groups -OCH3 is 1. The quantitative estimate of drug-likeness (QED) is 0.129. The lowest BCUT2D eigenvalue weighted by Gasteiger charge is -2.47. The van der Waals surface area contributed by atoms with Gasteiger partial charge in [-0.3, -0.25) is 24.4 Å². The van der Waals surface area contributed by atoms with Gasteiger partial charge in [0.1, 0.15) is 24.2 Å². The van der Waals surface area contributed by atoms with Crippen molar-refractivity contribution in [2.45, 2.75) is 104 Å². The Morgan fingerprint density at radius 1 is 1.14 bits per heavy atom. The number of carbonyl (C=O) groups is 4. The van der Waals surface area contributed by atoms with Crippen LogP contribution in [0.25, 0.3) is 33.4 Å². The Hall–Kier alpha value is -4.55. The molecule has 340 valence electrons. The molecule has 4 amide bonds. The molecule has 6 bridgehead atoms. The number of hydrogen-bond acceptors (Lipinski definition) is 12. The van der Waals surface area contributed by atoms with Gasteiger partial charge in [0.25, 0.3) is 5.91 Å². The second-order valence-electron chi connectivity index (χ2n) is 18.4. The summed E-state index contributed by atoms with van der Waals surface area (Å²) in [7, 11) is 5.00. The first kappa shape index (κ1) is 46.4. The number of fused-ring (bicyclic) bond motifs is 6. The summed E-state index contributed by atoms with van der Waals surface area (Å²) in [6, 6.07) is 7.34. The number of thiol groups is 1. The standard InChI is InChI=1S/C46H62N8O7S2/c1-10-53-35-16-15-28-19-30(35)31(40(53)29-13-11-17-47-38(29)36(22-62)59-9)21-45(4,5)24-61-43(57)32-14-12-18-54(50-32)42(56)33(20-37-48-34(28)23-63-37)49-41(55)39(27(2)3)51(7)44(58)52(8)46(6)25-60-26-46/h11,13,15-17,19,23,27,32-33,36,39,50,62H,10,12,14,18,20-22,24-26H2,1-9H3,(H,49,55)/t32-,33-,36-,39-/m0/s1. The van der Waals surface area contributed by atoms with Crippen LogP contribution < -0.4 is 10.7 Å². The van der Waals surface area contributed by atoms with Crippen molar-refractivity contribution < 1.29 is 33.4 Å².